The maximum Gasteiger partial charge on any atom is 0.238 e. The second-order valence-corrected chi connectivity index (χ2v) is 9.98. The van der Waals surface area contributed by atoms with E-state index in [0.29, 0.717) is 10.7 Å². The number of anilines is 1. The van der Waals surface area contributed by atoms with Crippen molar-refractivity contribution in [3.8, 4) is 0 Å². The van der Waals surface area contributed by atoms with Crippen LogP contribution < -0.4 is 4.90 Å². The third kappa shape index (κ3) is 3.11. The Morgan fingerprint density at radius 2 is 1.12 bits per heavy atom. The fourth-order valence-corrected chi connectivity index (χ4v) is 6.01. The molecule has 2 aliphatic carbocycles. The molecule has 1 aliphatic heterocycles. The van der Waals surface area contributed by atoms with Gasteiger partial charge < -0.3 is 0 Å². The zero-order valence-corrected chi connectivity index (χ0v) is 19.8. The summed E-state index contributed by atoms with van der Waals surface area (Å²) in [5, 5.41) is 0.579. The molecule has 0 N–H and O–H groups in total. The van der Waals surface area contributed by atoms with Gasteiger partial charge in [-0.25, -0.2) is 4.90 Å². The van der Waals surface area contributed by atoms with Crippen molar-refractivity contribution in [3.05, 3.63) is 118 Å². The number of fused-ring (bicyclic) bond motifs is 5. The van der Waals surface area contributed by atoms with Crippen molar-refractivity contribution >= 4 is 34.7 Å². The van der Waals surface area contributed by atoms with Crippen LogP contribution in [0.4, 0.5) is 5.69 Å². The van der Waals surface area contributed by atoms with Crippen LogP contribution in [-0.4, -0.2) is 11.8 Å². The maximum atomic E-state index is 13.6. The quantitative estimate of drug-likeness (QED) is 0.332. The summed E-state index contributed by atoms with van der Waals surface area (Å²) in [5.41, 5.74) is 7.58. The standard InChI is InChI=1S/C30H24ClNO2/c1-17-3-7-19(8-4-17)25(20-9-5-18(2)6-10-20)26-23-15-16-24(26)28-27(23)29(33)32(30(28)34)22-13-11-21(31)12-14-22/h3-16,23-24,27-28H,1-2H3. The number of hydrogen-bond donors (Lipinski definition) is 0. The Morgan fingerprint density at radius 3 is 1.56 bits per heavy atom. The summed E-state index contributed by atoms with van der Waals surface area (Å²) in [4.78, 5) is 28.6. The lowest BCUT2D eigenvalue weighted by Gasteiger charge is -2.22. The summed E-state index contributed by atoms with van der Waals surface area (Å²) in [7, 11) is 0. The van der Waals surface area contributed by atoms with Crippen molar-refractivity contribution < 1.29 is 9.59 Å². The average molecular weight is 466 g/mol. The highest BCUT2D eigenvalue weighted by atomic mass is 35.5. The lowest BCUT2D eigenvalue weighted by Crippen LogP contribution is -2.33. The van der Waals surface area contributed by atoms with Crippen molar-refractivity contribution in [1.29, 1.82) is 0 Å². The molecule has 34 heavy (non-hydrogen) atoms. The number of aryl methyl sites for hydroxylation is 2. The predicted molar refractivity (Wildman–Crippen MR) is 135 cm³/mol. The Morgan fingerprint density at radius 1 is 0.676 bits per heavy atom. The fraction of sp³-hybridized carbons (Fsp3) is 0.200. The molecule has 3 aliphatic rings. The molecule has 3 aromatic rings. The Hall–Kier alpha value is -3.43. The van der Waals surface area contributed by atoms with E-state index >= 15 is 0 Å². The first-order valence-electron chi connectivity index (χ1n) is 11.6. The van der Waals surface area contributed by atoms with Crippen molar-refractivity contribution in [1.82, 2.24) is 0 Å². The molecule has 3 aromatic carbocycles. The molecule has 6 rings (SSSR count). The van der Waals surface area contributed by atoms with Crippen molar-refractivity contribution in [3.63, 3.8) is 0 Å². The molecule has 4 heteroatoms. The molecule has 2 amide bonds. The lowest BCUT2D eigenvalue weighted by atomic mass is 9.85. The van der Waals surface area contributed by atoms with Crippen LogP contribution in [0.2, 0.25) is 5.02 Å². The summed E-state index contributed by atoms with van der Waals surface area (Å²) in [5.74, 6) is -1.11. The molecule has 168 valence electrons. The number of amides is 2. The van der Waals surface area contributed by atoms with E-state index in [2.05, 4.69) is 74.5 Å². The Kier molecular flexibility index (Phi) is 4.86. The van der Waals surface area contributed by atoms with Crippen LogP contribution in [0.15, 0.2) is 90.5 Å². The largest absolute Gasteiger partial charge is 0.274 e. The van der Waals surface area contributed by atoms with E-state index in [0.717, 1.165) is 16.7 Å². The summed E-state index contributed by atoms with van der Waals surface area (Å²) in [6, 6.07) is 24.0. The minimum atomic E-state index is -0.362. The minimum Gasteiger partial charge on any atom is -0.274 e. The second kappa shape index (κ2) is 7.82. The molecule has 0 spiro atoms. The monoisotopic (exact) mass is 465 g/mol. The molecular formula is C30H24ClNO2. The van der Waals surface area contributed by atoms with Gasteiger partial charge in [-0.3, -0.25) is 9.59 Å². The van der Waals surface area contributed by atoms with Crippen molar-refractivity contribution in [2.45, 2.75) is 13.8 Å². The SMILES string of the molecule is Cc1ccc(C(=C2C3C=CC2C2C(=O)N(c4ccc(Cl)cc4)C(=O)C32)c2ccc(C)cc2)cc1. The van der Waals surface area contributed by atoms with Gasteiger partial charge >= 0.3 is 0 Å². The number of allylic oxidation sites excluding steroid dienone is 3. The van der Waals surface area contributed by atoms with Gasteiger partial charge in [0.25, 0.3) is 0 Å². The highest BCUT2D eigenvalue weighted by Gasteiger charge is 2.62. The van der Waals surface area contributed by atoms with Crippen molar-refractivity contribution in [2.75, 3.05) is 4.90 Å². The van der Waals surface area contributed by atoms with Gasteiger partial charge in [-0.05, 0) is 60.4 Å². The fourth-order valence-electron chi connectivity index (χ4n) is 5.88. The number of benzene rings is 3. The van der Waals surface area contributed by atoms with Gasteiger partial charge in [-0.1, -0.05) is 83.4 Å². The second-order valence-electron chi connectivity index (χ2n) is 9.54. The molecule has 2 fully saturated rings. The average Bonchev–Trinajstić information content (AvgIpc) is 3.47. The summed E-state index contributed by atoms with van der Waals surface area (Å²) < 4.78 is 0. The van der Waals surface area contributed by atoms with Crippen LogP contribution in [0.1, 0.15) is 22.3 Å². The van der Waals surface area contributed by atoms with E-state index in [1.165, 1.54) is 21.6 Å². The normalized spacial score (nSPS) is 24.8. The number of halogens is 1. The van der Waals surface area contributed by atoms with Crippen LogP contribution in [0, 0.1) is 37.5 Å². The van der Waals surface area contributed by atoms with Crippen molar-refractivity contribution in [2.24, 2.45) is 23.7 Å². The van der Waals surface area contributed by atoms with Crippen LogP contribution in [0.3, 0.4) is 0 Å². The molecule has 1 heterocycles. The molecule has 2 bridgehead atoms. The van der Waals surface area contributed by atoms with Gasteiger partial charge in [0.05, 0.1) is 17.5 Å². The van der Waals surface area contributed by atoms with Crippen LogP contribution in [-0.2, 0) is 9.59 Å². The van der Waals surface area contributed by atoms with Crippen LogP contribution in [0.25, 0.3) is 5.57 Å². The van der Waals surface area contributed by atoms with E-state index in [-0.39, 0.29) is 35.5 Å². The summed E-state index contributed by atoms with van der Waals surface area (Å²) in [6.45, 7) is 4.16. The number of imide groups is 1. The third-order valence-corrected chi connectivity index (χ3v) is 7.72. The first-order chi connectivity index (χ1) is 16.4. The Labute approximate surface area is 204 Å². The molecule has 0 radical (unpaired) electrons. The summed E-state index contributed by atoms with van der Waals surface area (Å²) >= 11 is 6.03. The minimum absolute atomic E-state index is 0.0821. The maximum absolute atomic E-state index is 13.6. The van der Waals surface area contributed by atoms with Crippen LogP contribution in [0.5, 0.6) is 0 Å². The number of rotatable bonds is 3. The third-order valence-electron chi connectivity index (χ3n) is 7.47. The predicted octanol–water partition coefficient (Wildman–Crippen LogP) is 6.38. The molecule has 3 nitrogen and oxygen atoms in total. The van der Waals surface area contributed by atoms with Gasteiger partial charge in [0.2, 0.25) is 11.8 Å². The zero-order valence-electron chi connectivity index (χ0n) is 19.0. The molecule has 0 aromatic heterocycles. The first kappa shape index (κ1) is 21.1. The molecular weight excluding hydrogens is 442 g/mol. The first-order valence-corrected chi connectivity index (χ1v) is 12.0. The van der Waals surface area contributed by atoms with Gasteiger partial charge in [0.15, 0.2) is 0 Å². The number of nitrogens with zero attached hydrogens (tertiary/aromatic N) is 1. The molecule has 4 unspecified atom stereocenters. The summed E-state index contributed by atoms with van der Waals surface area (Å²) in [6.07, 6.45) is 4.28. The smallest absolute Gasteiger partial charge is 0.238 e. The Balaban J connectivity index is 1.48. The zero-order chi connectivity index (χ0) is 23.6. The number of carbonyl (C=O) groups is 2. The Bertz CT molecular complexity index is 1290. The molecule has 1 saturated heterocycles. The van der Waals surface area contributed by atoms with Gasteiger partial charge in [-0.15, -0.1) is 0 Å². The van der Waals surface area contributed by atoms with Crippen LogP contribution >= 0.6 is 11.6 Å². The van der Waals surface area contributed by atoms with E-state index in [9.17, 15) is 9.59 Å². The topological polar surface area (TPSA) is 37.4 Å². The van der Waals surface area contributed by atoms with Gasteiger partial charge in [0, 0.05) is 16.9 Å². The number of carbonyl (C=O) groups excluding carboxylic acids is 2. The van der Waals surface area contributed by atoms with E-state index in [1.807, 2.05) is 0 Å². The highest BCUT2D eigenvalue weighted by molar-refractivity contribution is 6.31. The molecule has 1 saturated carbocycles. The number of hydrogen-bond acceptors (Lipinski definition) is 2. The van der Waals surface area contributed by atoms with E-state index in [1.54, 1.807) is 24.3 Å². The lowest BCUT2D eigenvalue weighted by molar-refractivity contribution is -0.122. The van der Waals surface area contributed by atoms with Gasteiger partial charge in [0.1, 0.15) is 0 Å². The highest BCUT2D eigenvalue weighted by Crippen LogP contribution is 2.58. The molecule has 4 atom stereocenters. The van der Waals surface area contributed by atoms with E-state index < -0.39 is 0 Å². The van der Waals surface area contributed by atoms with E-state index in [4.69, 9.17) is 11.6 Å². The van der Waals surface area contributed by atoms with Gasteiger partial charge in [-0.2, -0.15) is 0 Å².